The number of phenols is 1. The maximum atomic E-state index is 13.3. The molecule has 218 valence electrons. The van der Waals surface area contributed by atoms with E-state index < -0.39 is 47.9 Å². The van der Waals surface area contributed by atoms with E-state index in [1.54, 1.807) is 36.4 Å². The normalized spacial score (nSPS) is 13.9. The number of aromatic hydroxyl groups is 1. The van der Waals surface area contributed by atoms with Gasteiger partial charge in [-0.25, -0.2) is 4.79 Å². The van der Waals surface area contributed by atoms with Crippen molar-refractivity contribution in [2.75, 3.05) is 24.0 Å². The third-order valence-electron chi connectivity index (χ3n) is 6.11. The van der Waals surface area contributed by atoms with Crippen molar-refractivity contribution in [2.45, 2.75) is 49.9 Å². The van der Waals surface area contributed by atoms with Crippen LogP contribution in [0.1, 0.15) is 24.0 Å². The molecule has 0 saturated carbocycles. The van der Waals surface area contributed by atoms with Crippen LogP contribution in [0.15, 0.2) is 54.6 Å². The Bertz CT molecular complexity index is 1100. The number of thioether (sulfide) groups is 2. The minimum Gasteiger partial charge on any atom is -0.508 e. The number of carbonyl (C=O) groups excluding carboxylic acids is 3. The standard InChI is InChI=1S/C28H38N4O6S2/c1-39-14-12-22(30-25(34)21(29)16-19-8-10-20(33)11-9-19)26(35)31-23(13-15-40-2)27(36)32-24(28(37)38)17-18-6-4-3-5-7-18/h3-11,21-24,33H,12-17,29H2,1-2H3,(H,30,34)(H,31,35)(H,32,36)(H,37,38). The molecule has 0 aliphatic carbocycles. The van der Waals surface area contributed by atoms with Crippen LogP contribution >= 0.6 is 23.5 Å². The monoisotopic (exact) mass is 590 g/mol. The lowest BCUT2D eigenvalue weighted by atomic mass is 10.0. The van der Waals surface area contributed by atoms with Crippen LogP contribution in [0.3, 0.4) is 0 Å². The first-order valence-electron chi connectivity index (χ1n) is 12.8. The van der Waals surface area contributed by atoms with E-state index in [0.29, 0.717) is 17.9 Å². The average Bonchev–Trinajstić information content (AvgIpc) is 2.94. The van der Waals surface area contributed by atoms with Crippen LogP contribution in [0.5, 0.6) is 5.75 Å². The fraction of sp³-hybridized carbons (Fsp3) is 0.429. The molecular weight excluding hydrogens is 552 g/mol. The fourth-order valence-corrected chi connectivity index (χ4v) is 4.80. The van der Waals surface area contributed by atoms with Gasteiger partial charge in [0.2, 0.25) is 17.7 Å². The molecule has 0 radical (unpaired) electrons. The SMILES string of the molecule is CSCCC(NC(=O)C(N)Cc1ccc(O)cc1)C(=O)NC(CCSC)C(=O)NC(Cc1ccccc1)C(=O)O. The fourth-order valence-electron chi connectivity index (χ4n) is 3.86. The Balaban J connectivity index is 2.09. The number of amides is 3. The van der Waals surface area contributed by atoms with Crippen molar-refractivity contribution in [3.63, 3.8) is 0 Å². The number of carbonyl (C=O) groups is 4. The predicted molar refractivity (Wildman–Crippen MR) is 159 cm³/mol. The number of nitrogens with one attached hydrogen (secondary N) is 3. The zero-order chi connectivity index (χ0) is 29.5. The Morgan fingerprint density at radius 2 is 1.20 bits per heavy atom. The van der Waals surface area contributed by atoms with Crippen LogP contribution in [-0.4, -0.2) is 82.1 Å². The van der Waals surface area contributed by atoms with E-state index in [1.165, 1.54) is 35.7 Å². The van der Waals surface area contributed by atoms with Crippen molar-refractivity contribution in [2.24, 2.45) is 5.73 Å². The number of carboxylic acid groups (broad SMARTS) is 1. The van der Waals surface area contributed by atoms with Gasteiger partial charge in [0.1, 0.15) is 23.9 Å². The first kappa shape index (κ1) is 33.0. The minimum atomic E-state index is -1.18. The van der Waals surface area contributed by atoms with Gasteiger partial charge in [-0.15, -0.1) is 0 Å². The molecule has 0 aliphatic heterocycles. The second-order valence-electron chi connectivity index (χ2n) is 9.25. The molecule has 0 spiro atoms. The van der Waals surface area contributed by atoms with Crippen LogP contribution in [0.4, 0.5) is 0 Å². The number of benzene rings is 2. The molecule has 2 rings (SSSR count). The average molecular weight is 591 g/mol. The molecular formula is C28H38N4O6S2. The Hall–Kier alpha value is -3.22. The first-order valence-corrected chi connectivity index (χ1v) is 15.6. The van der Waals surface area contributed by atoms with Gasteiger partial charge in [-0.1, -0.05) is 42.5 Å². The van der Waals surface area contributed by atoms with Gasteiger partial charge in [0, 0.05) is 6.42 Å². The van der Waals surface area contributed by atoms with Crippen molar-refractivity contribution < 1.29 is 29.4 Å². The predicted octanol–water partition coefficient (Wildman–Crippen LogP) is 1.55. The van der Waals surface area contributed by atoms with Crippen molar-refractivity contribution >= 4 is 47.2 Å². The quantitative estimate of drug-likeness (QED) is 0.160. The molecule has 0 heterocycles. The summed E-state index contributed by atoms with van der Waals surface area (Å²) in [6.07, 6.45) is 4.63. The Kier molecular flexibility index (Phi) is 14.4. The molecule has 0 aliphatic rings. The number of hydrogen-bond donors (Lipinski definition) is 6. The van der Waals surface area contributed by atoms with E-state index in [4.69, 9.17) is 5.73 Å². The molecule has 2 aromatic carbocycles. The lowest BCUT2D eigenvalue weighted by Crippen LogP contribution is -2.57. The van der Waals surface area contributed by atoms with E-state index >= 15 is 0 Å². The Morgan fingerprint density at radius 1 is 0.725 bits per heavy atom. The first-order chi connectivity index (χ1) is 19.1. The lowest BCUT2D eigenvalue weighted by Gasteiger charge is -2.25. The summed E-state index contributed by atoms with van der Waals surface area (Å²) in [6.45, 7) is 0. The molecule has 40 heavy (non-hydrogen) atoms. The second kappa shape index (κ2) is 17.5. The molecule has 3 amide bonds. The van der Waals surface area contributed by atoms with Crippen LogP contribution in [0, 0.1) is 0 Å². The third-order valence-corrected chi connectivity index (χ3v) is 7.40. The number of nitrogens with two attached hydrogens (primary N) is 1. The van der Waals surface area contributed by atoms with Crippen LogP contribution in [0.25, 0.3) is 0 Å². The highest BCUT2D eigenvalue weighted by molar-refractivity contribution is 7.98. The van der Waals surface area contributed by atoms with Gasteiger partial charge in [0.25, 0.3) is 0 Å². The summed E-state index contributed by atoms with van der Waals surface area (Å²) < 4.78 is 0. The highest BCUT2D eigenvalue weighted by Gasteiger charge is 2.30. The minimum absolute atomic E-state index is 0.0937. The van der Waals surface area contributed by atoms with E-state index in [2.05, 4.69) is 16.0 Å². The number of hydrogen-bond acceptors (Lipinski definition) is 8. The number of aliphatic carboxylic acids is 1. The number of carboxylic acids is 1. The van der Waals surface area contributed by atoms with Crippen molar-refractivity contribution in [3.8, 4) is 5.75 Å². The summed E-state index contributed by atoms with van der Waals surface area (Å²) in [5, 5.41) is 27.1. The molecule has 10 nitrogen and oxygen atoms in total. The summed E-state index contributed by atoms with van der Waals surface area (Å²) in [5.41, 5.74) is 7.60. The highest BCUT2D eigenvalue weighted by Crippen LogP contribution is 2.12. The van der Waals surface area contributed by atoms with Gasteiger partial charge in [0.15, 0.2) is 0 Å². The molecule has 12 heteroatoms. The highest BCUT2D eigenvalue weighted by atomic mass is 32.2. The summed E-state index contributed by atoms with van der Waals surface area (Å²) >= 11 is 2.99. The van der Waals surface area contributed by atoms with Crippen LogP contribution in [0.2, 0.25) is 0 Å². The zero-order valence-corrected chi connectivity index (χ0v) is 24.3. The lowest BCUT2D eigenvalue weighted by molar-refractivity contribution is -0.142. The van der Waals surface area contributed by atoms with Crippen molar-refractivity contribution in [1.82, 2.24) is 16.0 Å². The second-order valence-corrected chi connectivity index (χ2v) is 11.2. The van der Waals surface area contributed by atoms with Crippen molar-refractivity contribution in [1.29, 1.82) is 0 Å². The molecule has 0 saturated heterocycles. The van der Waals surface area contributed by atoms with Gasteiger partial charge < -0.3 is 31.9 Å². The Morgan fingerprint density at radius 3 is 1.70 bits per heavy atom. The van der Waals surface area contributed by atoms with Crippen LogP contribution < -0.4 is 21.7 Å². The van der Waals surface area contributed by atoms with Crippen molar-refractivity contribution in [3.05, 3.63) is 65.7 Å². The zero-order valence-electron chi connectivity index (χ0n) is 22.7. The topological polar surface area (TPSA) is 171 Å². The van der Waals surface area contributed by atoms with E-state index in [1.807, 2.05) is 18.6 Å². The summed E-state index contributed by atoms with van der Waals surface area (Å²) in [7, 11) is 0. The molecule has 7 N–H and O–H groups in total. The summed E-state index contributed by atoms with van der Waals surface area (Å²) in [4.78, 5) is 51.2. The third kappa shape index (κ3) is 11.5. The van der Waals surface area contributed by atoms with Gasteiger partial charge >= 0.3 is 5.97 Å². The molecule has 0 aromatic heterocycles. The van der Waals surface area contributed by atoms with E-state index in [0.717, 1.165) is 11.1 Å². The van der Waals surface area contributed by atoms with E-state index in [-0.39, 0.29) is 25.0 Å². The maximum Gasteiger partial charge on any atom is 0.326 e. The molecule has 0 bridgehead atoms. The summed E-state index contributed by atoms with van der Waals surface area (Å²) in [6, 6.07) is 11.3. The smallest absolute Gasteiger partial charge is 0.326 e. The van der Waals surface area contributed by atoms with Crippen LogP contribution in [-0.2, 0) is 32.0 Å². The molecule has 4 atom stereocenters. The number of rotatable bonds is 17. The molecule has 2 aromatic rings. The number of phenolic OH excluding ortho intramolecular Hbond substituents is 1. The van der Waals surface area contributed by atoms with E-state index in [9.17, 15) is 29.4 Å². The van der Waals surface area contributed by atoms with Gasteiger partial charge in [-0.3, -0.25) is 14.4 Å². The largest absolute Gasteiger partial charge is 0.508 e. The summed E-state index contributed by atoms with van der Waals surface area (Å²) in [5.74, 6) is -1.63. The molecule has 4 unspecified atom stereocenters. The van der Waals surface area contributed by atoms with Gasteiger partial charge in [-0.2, -0.15) is 23.5 Å². The molecule has 0 fully saturated rings. The Labute approximate surface area is 243 Å². The maximum absolute atomic E-state index is 13.3. The van der Waals surface area contributed by atoms with Gasteiger partial charge in [0.05, 0.1) is 6.04 Å². The van der Waals surface area contributed by atoms with Gasteiger partial charge in [-0.05, 0) is 66.5 Å².